The average Bonchev–Trinajstić information content (AvgIpc) is 2.40. The third-order valence-electron chi connectivity index (χ3n) is 3.32. The molecule has 1 fully saturated rings. The van der Waals surface area contributed by atoms with E-state index in [-0.39, 0.29) is 5.91 Å². The first-order valence-corrected chi connectivity index (χ1v) is 7.42. The van der Waals surface area contributed by atoms with Gasteiger partial charge in [-0.25, -0.2) is 0 Å². The topological polar surface area (TPSA) is 50.4 Å². The summed E-state index contributed by atoms with van der Waals surface area (Å²) in [7, 11) is 0. The first kappa shape index (κ1) is 15.4. The summed E-state index contributed by atoms with van der Waals surface area (Å²) >= 11 is 0. The van der Waals surface area contributed by atoms with E-state index < -0.39 is 0 Å². The Morgan fingerprint density at radius 1 is 1.22 bits per heavy atom. The van der Waals surface area contributed by atoms with E-state index in [0.717, 1.165) is 25.9 Å². The molecule has 0 atom stereocenters. The molecule has 1 aliphatic carbocycles. The number of unbranched alkanes of at least 4 members (excludes halogenated alkanes) is 1. The summed E-state index contributed by atoms with van der Waals surface area (Å²) in [5.41, 5.74) is 0. The molecule has 0 aromatic carbocycles. The van der Waals surface area contributed by atoms with Gasteiger partial charge in [0.2, 0.25) is 5.91 Å². The number of hydrogen-bond acceptors (Lipinski definition) is 3. The maximum Gasteiger partial charge on any atom is 0.233 e. The molecule has 2 N–H and O–H groups in total. The van der Waals surface area contributed by atoms with Gasteiger partial charge in [-0.05, 0) is 19.3 Å². The molecule has 0 unspecified atom stereocenters. The minimum absolute atomic E-state index is 0.0844. The molecule has 4 heteroatoms. The molecule has 0 heterocycles. The van der Waals surface area contributed by atoms with Gasteiger partial charge in [0.15, 0.2) is 0 Å². The van der Waals surface area contributed by atoms with Gasteiger partial charge in [0.1, 0.15) is 0 Å². The van der Waals surface area contributed by atoms with Gasteiger partial charge in [0.05, 0.1) is 19.3 Å². The molecule has 0 aromatic rings. The van der Waals surface area contributed by atoms with Crippen LogP contribution in [-0.4, -0.2) is 38.3 Å². The number of ether oxygens (including phenoxy) is 1. The molecule has 4 nitrogen and oxygen atoms in total. The zero-order chi connectivity index (χ0) is 13.1. The lowest BCUT2D eigenvalue weighted by molar-refractivity contribution is -0.120. The molecular weight excluding hydrogens is 228 g/mol. The molecule has 18 heavy (non-hydrogen) atoms. The van der Waals surface area contributed by atoms with Gasteiger partial charge < -0.3 is 15.4 Å². The van der Waals surface area contributed by atoms with Crippen molar-refractivity contribution in [3.05, 3.63) is 0 Å². The summed E-state index contributed by atoms with van der Waals surface area (Å²) in [6, 6.07) is 0. The second kappa shape index (κ2) is 10.3. The zero-order valence-electron chi connectivity index (χ0n) is 11.7. The fourth-order valence-electron chi connectivity index (χ4n) is 2.20. The Balaban J connectivity index is 1.86. The van der Waals surface area contributed by atoms with E-state index in [0.29, 0.717) is 19.3 Å². The predicted molar refractivity (Wildman–Crippen MR) is 73.6 cm³/mol. The number of nitrogens with one attached hydrogen (secondary N) is 2. The van der Waals surface area contributed by atoms with Crippen LogP contribution in [0.2, 0.25) is 0 Å². The van der Waals surface area contributed by atoms with Gasteiger partial charge >= 0.3 is 0 Å². The highest BCUT2D eigenvalue weighted by Gasteiger charge is 2.12. The van der Waals surface area contributed by atoms with Crippen molar-refractivity contribution in [2.24, 2.45) is 0 Å². The Kier molecular flexibility index (Phi) is 8.86. The van der Waals surface area contributed by atoms with Crippen molar-refractivity contribution in [1.82, 2.24) is 10.6 Å². The first-order valence-electron chi connectivity index (χ1n) is 7.42. The third-order valence-corrected chi connectivity index (χ3v) is 3.32. The Morgan fingerprint density at radius 2 is 2.00 bits per heavy atom. The van der Waals surface area contributed by atoms with Crippen molar-refractivity contribution >= 4 is 5.91 Å². The van der Waals surface area contributed by atoms with Crippen LogP contribution in [-0.2, 0) is 9.53 Å². The van der Waals surface area contributed by atoms with Crippen LogP contribution >= 0.6 is 0 Å². The maximum absolute atomic E-state index is 11.4. The molecule has 0 radical (unpaired) electrons. The van der Waals surface area contributed by atoms with Gasteiger partial charge in [-0.3, -0.25) is 4.79 Å². The molecule has 1 amide bonds. The Morgan fingerprint density at radius 3 is 2.72 bits per heavy atom. The molecule has 1 aliphatic rings. The maximum atomic E-state index is 11.4. The van der Waals surface area contributed by atoms with Gasteiger partial charge in [-0.2, -0.15) is 0 Å². The number of hydrogen-bond donors (Lipinski definition) is 2. The summed E-state index contributed by atoms with van der Waals surface area (Å²) in [6.07, 6.45) is 9.00. The molecule has 1 saturated carbocycles. The van der Waals surface area contributed by atoms with Crippen LogP contribution in [0.1, 0.15) is 51.9 Å². The smallest absolute Gasteiger partial charge is 0.233 e. The van der Waals surface area contributed by atoms with Crippen molar-refractivity contribution in [3.8, 4) is 0 Å². The Bertz CT molecular complexity index is 216. The van der Waals surface area contributed by atoms with E-state index in [1.807, 2.05) is 0 Å². The summed E-state index contributed by atoms with van der Waals surface area (Å²) in [6.45, 7) is 4.78. The highest BCUT2D eigenvalue weighted by Crippen LogP contribution is 2.19. The van der Waals surface area contributed by atoms with E-state index in [1.54, 1.807) is 0 Å². The molecular formula is C14H28N2O2. The SMILES string of the molecule is CCCCNC(=O)CNCCOC1CCCCC1. The van der Waals surface area contributed by atoms with Crippen molar-refractivity contribution in [3.63, 3.8) is 0 Å². The fraction of sp³-hybridized carbons (Fsp3) is 0.929. The molecule has 0 aromatic heterocycles. The third kappa shape index (κ3) is 7.67. The van der Waals surface area contributed by atoms with Gasteiger partial charge in [-0.15, -0.1) is 0 Å². The average molecular weight is 256 g/mol. The van der Waals surface area contributed by atoms with Crippen LogP contribution < -0.4 is 10.6 Å². The zero-order valence-corrected chi connectivity index (χ0v) is 11.7. The minimum atomic E-state index is 0.0844. The van der Waals surface area contributed by atoms with Crippen LogP contribution in [0.15, 0.2) is 0 Å². The number of carbonyl (C=O) groups is 1. The van der Waals surface area contributed by atoms with Crippen LogP contribution in [0.5, 0.6) is 0 Å². The van der Waals surface area contributed by atoms with E-state index in [4.69, 9.17) is 4.74 Å². The first-order chi connectivity index (χ1) is 8.83. The van der Waals surface area contributed by atoms with Crippen LogP contribution in [0.25, 0.3) is 0 Å². The van der Waals surface area contributed by atoms with Crippen LogP contribution in [0.3, 0.4) is 0 Å². The standard InChI is InChI=1S/C14H28N2O2/c1-2-3-9-16-14(17)12-15-10-11-18-13-7-5-4-6-8-13/h13,15H,2-12H2,1H3,(H,16,17). The van der Waals surface area contributed by atoms with Crippen molar-refractivity contribution in [2.45, 2.75) is 58.0 Å². The molecule has 1 rings (SSSR count). The van der Waals surface area contributed by atoms with E-state index in [1.165, 1.54) is 32.1 Å². The molecule has 0 aliphatic heterocycles. The summed E-state index contributed by atoms with van der Waals surface area (Å²) in [5.74, 6) is 0.0844. The highest BCUT2D eigenvalue weighted by molar-refractivity contribution is 5.77. The predicted octanol–water partition coefficient (Wildman–Crippen LogP) is 1.84. The van der Waals surface area contributed by atoms with Crippen molar-refractivity contribution in [2.75, 3.05) is 26.2 Å². The highest BCUT2D eigenvalue weighted by atomic mass is 16.5. The summed E-state index contributed by atoms with van der Waals surface area (Å²) in [5, 5.41) is 6.00. The minimum Gasteiger partial charge on any atom is -0.377 e. The lowest BCUT2D eigenvalue weighted by Gasteiger charge is -2.21. The normalized spacial score (nSPS) is 16.7. The quantitative estimate of drug-likeness (QED) is 0.619. The molecule has 0 saturated heterocycles. The van der Waals surface area contributed by atoms with E-state index in [2.05, 4.69) is 17.6 Å². The second-order valence-electron chi connectivity index (χ2n) is 5.01. The van der Waals surface area contributed by atoms with E-state index >= 15 is 0 Å². The fourth-order valence-corrected chi connectivity index (χ4v) is 2.20. The van der Waals surface area contributed by atoms with Gasteiger partial charge in [0.25, 0.3) is 0 Å². The number of carbonyl (C=O) groups excluding carboxylic acids is 1. The van der Waals surface area contributed by atoms with E-state index in [9.17, 15) is 4.79 Å². The van der Waals surface area contributed by atoms with Crippen molar-refractivity contribution in [1.29, 1.82) is 0 Å². The lowest BCUT2D eigenvalue weighted by Crippen LogP contribution is -2.36. The molecule has 106 valence electrons. The van der Waals surface area contributed by atoms with Crippen LogP contribution in [0, 0.1) is 0 Å². The Hall–Kier alpha value is -0.610. The summed E-state index contributed by atoms with van der Waals surface area (Å²) in [4.78, 5) is 11.4. The number of amides is 1. The van der Waals surface area contributed by atoms with Crippen LogP contribution in [0.4, 0.5) is 0 Å². The molecule has 0 spiro atoms. The monoisotopic (exact) mass is 256 g/mol. The molecule has 0 bridgehead atoms. The van der Waals surface area contributed by atoms with Gasteiger partial charge in [0, 0.05) is 13.1 Å². The van der Waals surface area contributed by atoms with Crippen molar-refractivity contribution < 1.29 is 9.53 Å². The second-order valence-corrected chi connectivity index (χ2v) is 5.01. The largest absolute Gasteiger partial charge is 0.377 e. The summed E-state index contributed by atoms with van der Waals surface area (Å²) < 4.78 is 5.77. The van der Waals surface area contributed by atoms with Gasteiger partial charge in [-0.1, -0.05) is 32.6 Å². The number of rotatable bonds is 9. The lowest BCUT2D eigenvalue weighted by atomic mass is 9.98. The Labute approximate surface area is 111 Å².